The van der Waals surface area contributed by atoms with Crippen molar-refractivity contribution in [2.75, 3.05) is 32.7 Å². The van der Waals surface area contributed by atoms with Gasteiger partial charge in [-0.25, -0.2) is 8.42 Å². The van der Waals surface area contributed by atoms with Crippen LogP contribution in [0.5, 0.6) is 0 Å². The lowest BCUT2D eigenvalue weighted by Crippen LogP contribution is -2.48. The van der Waals surface area contributed by atoms with Gasteiger partial charge in [0.15, 0.2) is 0 Å². The smallest absolute Gasteiger partial charge is 0.243 e. The van der Waals surface area contributed by atoms with Gasteiger partial charge in [-0.1, -0.05) is 75.4 Å². The zero-order chi connectivity index (χ0) is 21.9. The van der Waals surface area contributed by atoms with Crippen molar-refractivity contribution in [1.29, 1.82) is 0 Å². The Labute approximate surface area is 182 Å². The average molecular weight is 427 g/mol. The summed E-state index contributed by atoms with van der Waals surface area (Å²) >= 11 is 0. The van der Waals surface area contributed by atoms with Gasteiger partial charge in [0.25, 0.3) is 0 Å². The van der Waals surface area contributed by atoms with Crippen LogP contribution in [0, 0.1) is 13.8 Å². The van der Waals surface area contributed by atoms with Gasteiger partial charge in [-0.3, -0.25) is 4.90 Å². The van der Waals surface area contributed by atoms with E-state index in [-0.39, 0.29) is 5.41 Å². The third-order valence-corrected chi connectivity index (χ3v) is 7.93. The molecule has 162 valence electrons. The van der Waals surface area contributed by atoms with E-state index in [4.69, 9.17) is 0 Å². The third-order valence-electron chi connectivity index (χ3n) is 5.73. The number of rotatable bonds is 5. The molecule has 1 heterocycles. The summed E-state index contributed by atoms with van der Waals surface area (Å²) in [6.45, 7) is 13.7. The van der Waals surface area contributed by atoms with Gasteiger partial charge < -0.3 is 0 Å². The van der Waals surface area contributed by atoms with Crippen molar-refractivity contribution in [1.82, 2.24) is 9.21 Å². The van der Waals surface area contributed by atoms with Crippen LogP contribution >= 0.6 is 0 Å². The van der Waals surface area contributed by atoms with Crippen molar-refractivity contribution in [3.8, 4) is 0 Å². The monoisotopic (exact) mass is 426 g/mol. The van der Waals surface area contributed by atoms with Gasteiger partial charge in [-0.05, 0) is 41.5 Å². The maximum atomic E-state index is 13.4. The minimum absolute atomic E-state index is 0.00327. The first-order valence-electron chi connectivity index (χ1n) is 10.6. The Balaban J connectivity index is 1.67. The molecule has 0 amide bonds. The molecule has 0 unspecified atom stereocenters. The predicted molar refractivity (Wildman–Crippen MR) is 125 cm³/mol. The van der Waals surface area contributed by atoms with Crippen molar-refractivity contribution in [3.63, 3.8) is 0 Å². The zero-order valence-corrected chi connectivity index (χ0v) is 19.7. The summed E-state index contributed by atoms with van der Waals surface area (Å²) in [6, 6.07) is 14.3. The first kappa shape index (κ1) is 22.7. The number of nitrogens with zero attached hydrogens (tertiary/aromatic N) is 2. The molecule has 2 aromatic rings. The van der Waals surface area contributed by atoms with Crippen molar-refractivity contribution >= 4 is 16.1 Å². The second-order valence-electron chi connectivity index (χ2n) is 9.21. The lowest BCUT2D eigenvalue weighted by Gasteiger charge is -2.34. The predicted octanol–water partition coefficient (Wildman–Crippen LogP) is 4.62. The van der Waals surface area contributed by atoms with Crippen molar-refractivity contribution in [2.24, 2.45) is 0 Å². The van der Waals surface area contributed by atoms with Crippen LogP contribution in [0.3, 0.4) is 0 Å². The van der Waals surface area contributed by atoms with Crippen LogP contribution < -0.4 is 0 Å². The van der Waals surface area contributed by atoms with Crippen LogP contribution in [-0.2, 0) is 15.4 Å². The molecule has 2 aromatic carbocycles. The summed E-state index contributed by atoms with van der Waals surface area (Å²) < 4.78 is 28.4. The summed E-state index contributed by atoms with van der Waals surface area (Å²) in [5, 5.41) is 0. The molecule has 0 saturated carbocycles. The van der Waals surface area contributed by atoms with Gasteiger partial charge in [0.2, 0.25) is 10.0 Å². The third kappa shape index (κ3) is 5.20. The summed E-state index contributed by atoms with van der Waals surface area (Å²) in [5.74, 6) is 0. The Kier molecular flexibility index (Phi) is 6.85. The highest BCUT2D eigenvalue weighted by Crippen LogP contribution is 2.31. The fraction of sp³-hybridized carbons (Fsp3) is 0.440. The largest absolute Gasteiger partial charge is 0.297 e. The van der Waals surface area contributed by atoms with Crippen LogP contribution in [-0.4, -0.2) is 50.3 Å². The van der Waals surface area contributed by atoms with E-state index < -0.39 is 10.0 Å². The molecule has 0 atom stereocenters. The minimum atomic E-state index is -3.48. The standard InChI is InChI=1S/C25H34N2O2S/c1-20-18-23(25(3,4)5)19-21(2)24(20)30(28,29)27-16-14-26(15-17-27)13-9-12-22-10-7-6-8-11-22/h6-12,18-19H,13-17H2,1-5H3/b12-9+. The lowest BCUT2D eigenvalue weighted by molar-refractivity contribution is 0.204. The number of sulfonamides is 1. The molecule has 1 aliphatic heterocycles. The number of piperazine rings is 1. The summed E-state index contributed by atoms with van der Waals surface area (Å²) in [7, 11) is -3.48. The Morgan fingerprint density at radius 3 is 2.03 bits per heavy atom. The Hall–Kier alpha value is -1.95. The molecule has 1 aliphatic rings. The molecule has 0 N–H and O–H groups in total. The Morgan fingerprint density at radius 2 is 1.50 bits per heavy atom. The zero-order valence-electron chi connectivity index (χ0n) is 18.9. The normalized spacial score (nSPS) is 17.0. The molecule has 0 spiro atoms. The van der Waals surface area contributed by atoms with E-state index in [1.165, 1.54) is 11.1 Å². The van der Waals surface area contributed by atoms with E-state index in [0.29, 0.717) is 18.0 Å². The molecule has 30 heavy (non-hydrogen) atoms. The second-order valence-corrected chi connectivity index (χ2v) is 11.1. The van der Waals surface area contributed by atoms with E-state index in [1.54, 1.807) is 4.31 Å². The molecule has 1 fully saturated rings. The van der Waals surface area contributed by atoms with Gasteiger partial charge in [-0.2, -0.15) is 4.31 Å². The maximum Gasteiger partial charge on any atom is 0.243 e. The molecule has 4 nitrogen and oxygen atoms in total. The van der Waals surface area contributed by atoms with E-state index in [1.807, 2.05) is 44.2 Å². The Morgan fingerprint density at radius 1 is 0.933 bits per heavy atom. The van der Waals surface area contributed by atoms with E-state index in [2.05, 4.69) is 50.0 Å². The van der Waals surface area contributed by atoms with E-state index >= 15 is 0 Å². The first-order valence-corrected chi connectivity index (χ1v) is 12.1. The molecule has 0 radical (unpaired) electrons. The lowest BCUT2D eigenvalue weighted by atomic mass is 9.85. The fourth-order valence-electron chi connectivity index (χ4n) is 3.97. The SMILES string of the molecule is Cc1cc(C(C)(C)C)cc(C)c1S(=O)(=O)N1CCN(C/C=C/c2ccccc2)CC1. The molecule has 0 aromatic heterocycles. The van der Waals surface area contributed by atoms with Gasteiger partial charge in [0.05, 0.1) is 4.90 Å². The van der Waals surface area contributed by atoms with Crippen LogP contribution in [0.2, 0.25) is 0 Å². The molecule has 3 rings (SSSR count). The van der Waals surface area contributed by atoms with Crippen LogP contribution in [0.4, 0.5) is 0 Å². The van der Waals surface area contributed by atoms with Crippen LogP contribution in [0.25, 0.3) is 6.08 Å². The highest BCUT2D eigenvalue weighted by molar-refractivity contribution is 7.89. The second kappa shape index (κ2) is 9.04. The highest BCUT2D eigenvalue weighted by Gasteiger charge is 2.31. The molecule has 1 saturated heterocycles. The van der Waals surface area contributed by atoms with E-state index in [9.17, 15) is 8.42 Å². The van der Waals surface area contributed by atoms with Crippen LogP contribution in [0.1, 0.15) is 43.0 Å². The highest BCUT2D eigenvalue weighted by atomic mass is 32.2. The van der Waals surface area contributed by atoms with Gasteiger partial charge in [0, 0.05) is 32.7 Å². The fourth-order valence-corrected chi connectivity index (χ4v) is 5.81. The van der Waals surface area contributed by atoms with E-state index in [0.717, 1.165) is 30.8 Å². The van der Waals surface area contributed by atoms with Crippen molar-refractivity contribution in [2.45, 2.75) is 44.9 Å². The molecular weight excluding hydrogens is 392 g/mol. The molecule has 0 aliphatic carbocycles. The van der Waals surface area contributed by atoms with Crippen molar-refractivity contribution in [3.05, 3.63) is 70.8 Å². The molecule has 5 heteroatoms. The topological polar surface area (TPSA) is 40.6 Å². The maximum absolute atomic E-state index is 13.4. The molecule has 0 bridgehead atoms. The van der Waals surface area contributed by atoms with Crippen molar-refractivity contribution < 1.29 is 8.42 Å². The number of aryl methyl sites for hydroxylation is 2. The van der Waals surface area contributed by atoms with Crippen LogP contribution in [0.15, 0.2) is 53.4 Å². The minimum Gasteiger partial charge on any atom is -0.297 e. The quantitative estimate of drug-likeness (QED) is 0.700. The van der Waals surface area contributed by atoms with Gasteiger partial charge >= 0.3 is 0 Å². The summed E-state index contributed by atoms with van der Waals surface area (Å²) in [4.78, 5) is 2.78. The summed E-state index contributed by atoms with van der Waals surface area (Å²) in [6.07, 6.45) is 4.27. The van der Waals surface area contributed by atoms with Gasteiger partial charge in [0.1, 0.15) is 0 Å². The molecular formula is C25H34N2O2S. The number of benzene rings is 2. The first-order chi connectivity index (χ1) is 14.1. The number of hydrogen-bond acceptors (Lipinski definition) is 3. The average Bonchev–Trinajstić information content (AvgIpc) is 2.68. The Bertz CT molecular complexity index is 974. The van der Waals surface area contributed by atoms with Gasteiger partial charge in [-0.15, -0.1) is 0 Å². The number of hydrogen-bond donors (Lipinski definition) is 0. The summed E-state index contributed by atoms with van der Waals surface area (Å²) in [5.41, 5.74) is 4.03.